The SMILES string of the molecule is NC1=NC(C=NO)c2ccccc21. The molecule has 0 amide bonds. The van der Waals surface area contributed by atoms with Crippen LogP contribution < -0.4 is 5.73 Å². The molecule has 1 aliphatic rings. The summed E-state index contributed by atoms with van der Waals surface area (Å²) in [6.07, 6.45) is 1.36. The monoisotopic (exact) mass is 175 g/mol. The number of aliphatic imine (C=N–C) groups is 1. The van der Waals surface area contributed by atoms with Crippen LogP contribution in [0.4, 0.5) is 0 Å². The van der Waals surface area contributed by atoms with E-state index in [9.17, 15) is 0 Å². The first kappa shape index (κ1) is 7.79. The molecule has 13 heavy (non-hydrogen) atoms. The Morgan fingerprint density at radius 1 is 1.46 bits per heavy atom. The van der Waals surface area contributed by atoms with Gasteiger partial charge in [0.05, 0.1) is 6.21 Å². The van der Waals surface area contributed by atoms with Crippen molar-refractivity contribution < 1.29 is 5.21 Å². The molecule has 1 atom stereocenters. The summed E-state index contributed by atoms with van der Waals surface area (Å²) in [5.41, 5.74) is 7.58. The molecule has 2 rings (SSSR count). The molecule has 0 aromatic heterocycles. The lowest BCUT2D eigenvalue weighted by Crippen LogP contribution is -2.09. The predicted molar refractivity (Wildman–Crippen MR) is 50.2 cm³/mol. The van der Waals surface area contributed by atoms with E-state index in [4.69, 9.17) is 10.9 Å². The first-order valence-electron chi connectivity index (χ1n) is 3.93. The molecular formula is C9H9N3O. The second-order valence-electron chi connectivity index (χ2n) is 2.81. The standard InChI is InChI=1S/C9H9N3O/c10-9-7-4-2-1-3-6(7)8(12-9)5-11-13/h1-5,8,13H,(H2,10,12). The van der Waals surface area contributed by atoms with E-state index in [2.05, 4.69) is 10.1 Å². The maximum Gasteiger partial charge on any atom is 0.127 e. The first-order valence-corrected chi connectivity index (χ1v) is 3.93. The third-order valence-electron chi connectivity index (χ3n) is 2.04. The molecule has 0 saturated heterocycles. The fraction of sp³-hybridized carbons (Fsp3) is 0.111. The van der Waals surface area contributed by atoms with Crippen LogP contribution in [0.1, 0.15) is 17.2 Å². The predicted octanol–water partition coefficient (Wildman–Crippen LogP) is 0.907. The summed E-state index contributed by atoms with van der Waals surface area (Å²) in [6, 6.07) is 7.40. The Labute approximate surface area is 75.4 Å². The van der Waals surface area contributed by atoms with E-state index in [1.165, 1.54) is 6.21 Å². The zero-order chi connectivity index (χ0) is 9.26. The molecule has 0 fully saturated rings. The van der Waals surface area contributed by atoms with Crippen LogP contribution >= 0.6 is 0 Å². The number of rotatable bonds is 1. The first-order chi connectivity index (χ1) is 6.33. The van der Waals surface area contributed by atoms with Crippen molar-refractivity contribution in [3.8, 4) is 0 Å². The highest BCUT2D eigenvalue weighted by Gasteiger charge is 2.20. The van der Waals surface area contributed by atoms with Gasteiger partial charge in [-0.05, 0) is 5.56 Å². The van der Waals surface area contributed by atoms with Crippen molar-refractivity contribution in [1.29, 1.82) is 0 Å². The summed E-state index contributed by atoms with van der Waals surface area (Å²) in [5, 5.41) is 11.4. The van der Waals surface area contributed by atoms with Crippen LogP contribution in [0.3, 0.4) is 0 Å². The van der Waals surface area contributed by atoms with Gasteiger partial charge in [0.1, 0.15) is 11.9 Å². The molecule has 1 aromatic rings. The van der Waals surface area contributed by atoms with E-state index in [0.29, 0.717) is 5.84 Å². The third kappa shape index (κ3) is 1.16. The maximum atomic E-state index is 8.40. The fourth-order valence-corrected chi connectivity index (χ4v) is 1.45. The minimum atomic E-state index is -0.235. The van der Waals surface area contributed by atoms with Gasteiger partial charge in [-0.25, -0.2) is 0 Å². The fourth-order valence-electron chi connectivity index (χ4n) is 1.45. The average molecular weight is 175 g/mol. The zero-order valence-corrected chi connectivity index (χ0v) is 6.88. The Bertz CT molecular complexity index is 384. The smallest absolute Gasteiger partial charge is 0.127 e. The molecule has 0 bridgehead atoms. The van der Waals surface area contributed by atoms with Gasteiger partial charge < -0.3 is 10.9 Å². The summed E-state index contributed by atoms with van der Waals surface area (Å²) in [4.78, 5) is 4.13. The number of oxime groups is 1. The van der Waals surface area contributed by atoms with Crippen LogP contribution in [0.5, 0.6) is 0 Å². The minimum absolute atomic E-state index is 0.235. The van der Waals surface area contributed by atoms with Crippen LogP contribution in [0.15, 0.2) is 34.4 Å². The summed E-state index contributed by atoms with van der Waals surface area (Å²) < 4.78 is 0. The third-order valence-corrected chi connectivity index (χ3v) is 2.04. The van der Waals surface area contributed by atoms with Crippen molar-refractivity contribution in [3.63, 3.8) is 0 Å². The van der Waals surface area contributed by atoms with E-state index in [1.54, 1.807) is 0 Å². The van der Waals surface area contributed by atoms with Gasteiger partial charge in [-0.2, -0.15) is 0 Å². The van der Waals surface area contributed by atoms with Gasteiger partial charge in [-0.1, -0.05) is 29.4 Å². The second kappa shape index (κ2) is 2.90. The molecule has 0 saturated carbocycles. The summed E-state index contributed by atoms with van der Waals surface area (Å²) >= 11 is 0. The molecule has 1 unspecified atom stereocenters. The Morgan fingerprint density at radius 3 is 3.00 bits per heavy atom. The number of hydrogen-bond acceptors (Lipinski definition) is 4. The normalized spacial score (nSPS) is 20.3. The molecule has 0 spiro atoms. The average Bonchev–Trinajstić information content (AvgIpc) is 2.46. The highest BCUT2D eigenvalue weighted by molar-refractivity contribution is 6.03. The molecule has 1 heterocycles. The van der Waals surface area contributed by atoms with Crippen LogP contribution in [0.25, 0.3) is 0 Å². The number of fused-ring (bicyclic) bond motifs is 1. The Balaban J connectivity index is 2.49. The Kier molecular flexibility index (Phi) is 1.73. The van der Waals surface area contributed by atoms with Gasteiger partial charge >= 0.3 is 0 Å². The highest BCUT2D eigenvalue weighted by Crippen LogP contribution is 2.26. The van der Waals surface area contributed by atoms with Crippen LogP contribution in [0, 0.1) is 0 Å². The van der Waals surface area contributed by atoms with E-state index in [0.717, 1.165) is 11.1 Å². The Morgan fingerprint density at radius 2 is 2.23 bits per heavy atom. The van der Waals surface area contributed by atoms with Crippen molar-refractivity contribution in [2.75, 3.05) is 0 Å². The van der Waals surface area contributed by atoms with Crippen molar-refractivity contribution in [3.05, 3.63) is 35.4 Å². The van der Waals surface area contributed by atoms with Crippen LogP contribution in [-0.2, 0) is 0 Å². The quantitative estimate of drug-likeness (QED) is 0.378. The van der Waals surface area contributed by atoms with Gasteiger partial charge in [0, 0.05) is 5.56 Å². The second-order valence-corrected chi connectivity index (χ2v) is 2.81. The van der Waals surface area contributed by atoms with Crippen molar-refractivity contribution >= 4 is 12.1 Å². The zero-order valence-electron chi connectivity index (χ0n) is 6.88. The van der Waals surface area contributed by atoms with Crippen molar-refractivity contribution in [2.45, 2.75) is 6.04 Å². The largest absolute Gasteiger partial charge is 0.411 e. The molecular weight excluding hydrogens is 166 g/mol. The lowest BCUT2D eigenvalue weighted by Gasteiger charge is -2.00. The summed E-state index contributed by atoms with van der Waals surface area (Å²) in [6.45, 7) is 0. The van der Waals surface area contributed by atoms with Crippen LogP contribution in [-0.4, -0.2) is 17.3 Å². The number of nitrogens with two attached hydrogens (primary N) is 1. The number of amidine groups is 1. The molecule has 3 N–H and O–H groups in total. The van der Waals surface area contributed by atoms with E-state index in [1.807, 2.05) is 24.3 Å². The number of nitrogens with zero attached hydrogens (tertiary/aromatic N) is 2. The molecule has 1 aliphatic heterocycles. The van der Waals surface area contributed by atoms with Gasteiger partial charge in [0.25, 0.3) is 0 Å². The van der Waals surface area contributed by atoms with Crippen molar-refractivity contribution in [2.24, 2.45) is 15.9 Å². The number of hydrogen-bond donors (Lipinski definition) is 2. The topological polar surface area (TPSA) is 71.0 Å². The molecule has 0 radical (unpaired) electrons. The molecule has 66 valence electrons. The van der Waals surface area contributed by atoms with Gasteiger partial charge in [-0.3, -0.25) is 4.99 Å². The van der Waals surface area contributed by atoms with E-state index >= 15 is 0 Å². The minimum Gasteiger partial charge on any atom is -0.411 e. The lowest BCUT2D eigenvalue weighted by atomic mass is 10.0. The molecule has 1 aromatic carbocycles. The highest BCUT2D eigenvalue weighted by atomic mass is 16.4. The van der Waals surface area contributed by atoms with E-state index in [-0.39, 0.29) is 6.04 Å². The molecule has 4 heteroatoms. The Hall–Kier alpha value is -1.84. The van der Waals surface area contributed by atoms with E-state index < -0.39 is 0 Å². The maximum absolute atomic E-state index is 8.40. The van der Waals surface area contributed by atoms with Gasteiger partial charge in [-0.15, -0.1) is 0 Å². The summed E-state index contributed by atoms with van der Waals surface area (Å²) in [7, 11) is 0. The lowest BCUT2D eigenvalue weighted by molar-refractivity contribution is 0.320. The molecule has 0 aliphatic carbocycles. The van der Waals surface area contributed by atoms with Gasteiger partial charge in [0.15, 0.2) is 0 Å². The van der Waals surface area contributed by atoms with Gasteiger partial charge in [0.2, 0.25) is 0 Å². The van der Waals surface area contributed by atoms with Crippen molar-refractivity contribution in [1.82, 2.24) is 0 Å². The summed E-state index contributed by atoms with van der Waals surface area (Å²) in [5.74, 6) is 0.500. The molecule has 4 nitrogen and oxygen atoms in total. The number of benzene rings is 1. The van der Waals surface area contributed by atoms with Crippen LogP contribution in [0.2, 0.25) is 0 Å².